The number of thiazole rings is 1. The fraction of sp³-hybridized carbons (Fsp3) is 0.333. The zero-order valence-electron chi connectivity index (χ0n) is 14.3. The molecule has 1 fully saturated rings. The van der Waals surface area contributed by atoms with E-state index >= 15 is 0 Å². The first-order valence-corrected chi connectivity index (χ1v) is 9.57. The Balaban J connectivity index is 1.53. The molecule has 136 valence electrons. The van der Waals surface area contributed by atoms with Gasteiger partial charge in [0.1, 0.15) is 18.1 Å². The Morgan fingerprint density at radius 3 is 3.08 bits per heavy atom. The Morgan fingerprint density at radius 1 is 1.31 bits per heavy atom. The highest BCUT2D eigenvalue weighted by molar-refractivity contribution is 7.22. The zero-order chi connectivity index (χ0) is 17.9. The summed E-state index contributed by atoms with van der Waals surface area (Å²) < 4.78 is 12.4. The number of methoxy groups -OCH3 is 1. The number of halogens is 1. The third-order valence-corrected chi connectivity index (χ3v) is 5.56. The summed E-state index contributed by atoms with van der Waals surface area (Å²) in [4.78, 5) is 11.2. The van der Waals surface area contributed by atoms with Gasteiger partial charge in [-0.2, -0.15) is 0 Å². The highest BCUT2D eigenvalue weighted by Gasteiger charge is 2.25. The molecule has 4 rings (SSSR count). The Kier molecular flexibility index (Phi) is 5.10. The van der Waals surface area contributed by atoms with E-state index in [4.69, 9.17) is 26.1 Å². The van der Waals surface area contributed by atoms with E-state index < -0.39 is 0 Å². The molecule has 3 aromatic rings. The minimum Gasteiger partial charge on any atom is -0.497 e. The molecular weight excluding hydrogens is 372 g/mol. The highest BCUT2D eigenvalue weighted by atomic mass is 35.5. The fourth-order valence-corrected chi connectivity index (χ4v) is 4.22. The molecule has 0 bridgehead atoms. The molecule has 2 aromatic heterocycles. The lowest BCUT2D eigenvalue weighted by molar-refractivity contribution is 0.266. The number of benzene rings is 1. The second kappa shape index (κ2) is 7.65. The van der Waals surface area contributed by atoms with E-state index in [1.165, 1.54) is 0 Å². The number of nitrogens with zero attached hydrogens (tertiary/aromatic N) is 3. The average Bonchev–Trinajstić information content (AvgIpc) is 3.09. The maximum absolute atomic E-state index is 5.98. The summed E-state index contributed by atoms with van der Waals surface area (Å²) in [7, 11) is 1.68. The second-order valence-corrected chi connectivity index (χ2v) is 7.48. The number of nitrogens with one attached hydrogen (secondary N) is 1. The topological polar surface area (TPSA) is 59.5 Å². The molecule has 8 heteroatoms. The average molecular weight is 391 g/mol. The van der Waals surface area contributed by atoms with E-state index in [-0.39, 0.29) is 6.04 Å². The summed E-state index contributed by atoms with van der Waals surface area (Å²) in [5.41, 5.74) is 0.989. The van der Waals surface area contributed by atoms with Crippen molar-refractivity contribution >= 4 is 38.3 Å². The molecule has 0 amide bonds. The van der Waals surface area contributed by atoms with Crippen LogP contribution < -0.4 is 19.7 Å². The van der Waals surface area contributed by atoms with Gasteiger partial charge in [-0.3, -0.25) is 4.98 Å². The summed E-state index contributed by atoms with van der Waals surface area (Å²) in [6, 6.07) is 7.93. The van der Waals surface area contributed by atoms with Gasteiger partial charge in [0.05, 0.1) is 34.6 Å². The van der Waals surface area contributed by atoms with E-state index in [0.29, 0.717) is 17.4 Å². The van der Waals surface area contributed by atoms with Crippen LogP contribution in [0.5, 0.6) is 11.5 Å². The summed E-state index contributed by atoms with van der Waals surface area (Å²) in [5.74, 6) is 1.53. The number of hydrogen-bond acceptors (Lipinski definition) is 7. The third kappa shape index (κ3) is 3.70. The van der Waals surface area contributed by atoms with Gasteiger partial charge in [-0.15, -0.1) is 0 Å². The monoisotopic (exact) mass is 390 g/mol. The fourth-order valence-electron chi connectivity index (χ4n) is 2.97. The van der Waals surface area contributed by atoms with Gasteiger partial charge in [0.2, 0.25) is 0 Å². The van der Waals surface area contributed by atoms with Crippen molar-refractivity contribution in [3.05, 3.63) is 41.7 Å². The van der Waals surface area contributed by atoms with Gasteiger partial charge in [0, 0.05) is 31.9 Å². The normalized spacial score (nSPS) is 17.5. The Morgan fingerprint density at radius 2 is 2.23 bits per heavy atom. The van der Waals surface area contributed by atoms with Crippen molar-refractivity contribution in [1.82, 2.24) is 15.3 Å². The second-order valence-electron chi connectivity index (χ2n) is 6.03. The molecule has 0 aliphatic carbocycles. The number of anilines is 1. The van der Waals surface area contributed by atoms with Gasteiger partial charge >= 0.3 is 0 Å². The zero-order valence-corrected chi connectivity index (χ0v) is 15.9. The van der Waals surface area contributed by atoms with Gasteiger partial charge in [-0.05, 0) is 18.2 Å². The standard InChI is InChI=1S/C18H19ClN4O2S/c1-24-14-2-3-16-17(7-14)26-18(22-16)23-5-4-20-9-13(23)11-25-15-6-12(19)8-21-10-15/h2-3,6-8,10,13,20H,4-5,9,11H2,1H3. The summed E-state index contributed by atoms with van der Waals surface area (Å²) in [5, 5.41) is 5.01. The van der Waals surface area contributed by atoms with Crippen LogP contribution in [0.3, 0.4) is 0 Å². The molecule has 3 heterocycles. The molecule has 0 saturated carbocycles. The van der Waals surface area contributed by atoms with Crippen molar-refractivity contribution in [2.75, 3.05) is 38.3 Å². The summed E-state index contributed by atoms with van der Waals surface area (Å²) in [6.45, 7) is 3.19. The number of rotatable bonds is 5. The highest BCUT2D eigenvalue weighted by Crippen LogP contribution is 2.32. The number of ether oxygens (including phenoxy) is 2. The molecule has 1 unspecified atom stereocenters. The Hall–Kier alpha value is -2.09. The molecule has 1 atom stereocenters. The van der Waals surface area contributed by atoms with Gasteiger partial charge in [-0.25, -0.2) is 4.98 Å². The van der Waals surface area contributed by atoms with Crippen LogP contribution in [0, 0.1) is 0 Å². The van der Waals surface area contributed by atoms with Crippen LogP contribution in [-0.4, -0.2) is 49.4 Å². The van der Waals surface area contributed by atoms with Gasteiger partial charge in [-0.1, -0.05) is 22.9 Å². The molecule has 0 radical (unpaired) electrons. The first-order valence-electron chi connectivity index (χ1n) is 8.38. The molecular formula is C18H19ClN4O2S. The summed E-state index contributed by atoms with van der Waals surface area (Å²) in [6.07, 6.45) is 3.27. The van der Waals surface area contributed by atoms with E-state index in [1.54, 1.807) is 36.9 Å². The van der Waals surface area contributed by atoms with Crippen molar-refractivity contribution in [3.63, 3.8) is 0 Å². The number of aromatic nitrogens is 2. The molecule has 1 aromatic carbocycles. The third-order valence-electron chi connectivity index (χ3n) is 4.30. The van der Waals surface area contributed by atoms with Crippen molar-refractivity contribution in [3.8, 4) is 11.5 Å². The van der Waals surface area contributed by atoms with Gasteiger partial charge in [0.15, 0.2) is 5.13 Å². The first-order chi connectivity index (χ1) is 12.7. The number of pyridine rings is 1. The van der Waals surface area contributed by atoms with E-state index in [1.807, 2.05) is 18.2 Å². The summed E-state index contributed by atoms with van der Waals surface area (Å²) >= 11 is 7.66. The van der Waals surface area contributed by atoms with E-state index in [0.717, 1.165) is 40.7 Å². The van der Waals surface area contributed by atoms with Crippen molar-refractivity contribution in [1.29, 1.82) is 0 Å². The van der Waals surface area contributed by atoms with Crippen LogP contribution in [0.1, 0.15) is 0 Å². The molecule has 1 saturated heterocycles. The van der Waals surface area contributed by atoms with Crippen molar-refractivity contribution in [2.45, 2.75) is 6.04 Å². The molecule has 1 aliphatic rings. The molecule has 1 N–H and O–H groups in total. The largest absolute Gasteiger partial charge is 0.497 e. The van der Waals surface area contributed by atoms with Crippen LogP contribution in [0.15, 0.2) is 36.7 Å². The smallest absolute Gasteiger partial charge is 0.186 e. The number of fused-ring (bicyclic) bond motifs is 1. The Bertz CT molecular complexity index is 904. The van der Waals surface area contributed by atoms with Crippen LogP contribution >= 0.6 is 22.9 Å². The first kappa shape index (κ1) is 17.3. The SMILES string of the molecule is COc1ccc2nc(N3CCNCC3COc3cncc(Cl)c3)sc2c1. The Labute approximate surface area is 160 Å². The molecule has 0 spiro atoms. The maximum atomic E-state index is 5.98. The van der Waals surface area contributed by atoms with E-state index in [2.05, 4.69) is 15.2 Å². The van der Waals surface area contributed by atoms with Gasteiger partial charge < -0.3 is 19.7 Å². The lowest BCUT2D eigenvalue weighted by atomic mass is 10.2. The minimum atomic E-state index is 0.185. The number of hydrogen-bond donors (Lipinski definition) is 1. The molecule has 1 aliphatic heterocycles. The lowest BCUT2D eigenvalue weighted by Gasteiger charge is -2.35. The van der Waals surface area contributed by atoms with Crippen molar-refractivity contribution in [2.24, 2.45) is 0 Å². The molecule has 26 heavy (non-hydrogen) atoms. The van der Waals surface area contributed by atoms with Crippen LogP contribution in [-0.2, 0) is 0 Å². The van der Waals surface area contributed by atoms with Crippen LogP contribution in [0.2, 0.25) is 5.02 Å². The lowest BCUT2D eigenvalue weighted by Crippen LogP contribution is -2.54. The van der Waals surface area contributed by atoms with E-state index in [9.17, 15) is 0 Å². The van der Waals surface area contributed by atoms with Gasteiger partial charge in [0.25, 0.3) is 0 Å². The van der Waals surface area contributed by atoms with Crippen LogP contribution in [0.4, 0.5) is 5.13 Å². The van der Waals surface area contributed by atoms with Crippen LogP contribution in [0.25, 0.3) is 10.2 Å². The predicted octanol–water partition coefficient (Wildman–Crippen LogP) is 3.21. The quantitative estimate of drug-likeness (QED) is 0.721. The maximum Gasteiger partial charge on any atom is 0.186 e. The number of piperazine rings is 1. The minimum absolute atomic E-state index is 0.185. The van der Waals surface area contributed by atoms with Crippen molar-refractivity contribution < 1.29 is 9.47 Å². The molecule has 6 nitrogen and oxygen atoms in total. The predicted molar refractivity (Wildman–Crippen MR) is 105 cm³/mol.